The van der Waals surface area contributed by atoms with Crippen LogP contribution >= 0.6 is 0 Å². The molecular formula is C17H25NO4. The number of aryl methyl sites for hydroxylation is 1. The molecule has 1 aromatic rings. The Hall–Kier alpha value is -2.04. The Morgan fingerprint density at radius 1 is 1.23 bits per heavy atom. The van der Waals surface area contributed by atoms with Crippen molar-refractivity contribution in [3.8, 4) is 5.75 Å². The van der Waals surface area contributed by atoms with Crippen LogP contribution in [0.4, 0.5) is 5.69 Å². The predicted molar refractivity (Wildman–Crippen MR) is 86.0 cm³/mol. The largest absolute Gasteiger partial charge is 0.495 e. The predicted octanol–water partition coefficient (Wildman–Crippen LogP) is 3.31. The van der Waals surface area contributed by atoms with Gasteiger partial charge in [-0.25, -0.2) is 0 Å². The molecule has 0 fully saturated rings. The molecule has 1 amide bonds. The fraction of sp³-hybridized carbons (Fsp3) is 0.529. The fourth-order valence-corrected chi connectivity index (χ4v) is 1.87. The first-order valence-electron chi connectivity index (χ1n) is 7.48. The van der Waals surface area contributed by atoms with Gasteiger partial charge in [-0.3, -0.25) is 9.59 Å². The molecule has 0 bridgehead atoms. The molecule has 1 N–H and O–H groups in total. The average Bonchev–Trinajstić information content (AvgIpc) is 2.45. The normalized spacial score (nSPS) is 11.9. The highest BCUT2D eigenvalue weighted by atomic mass is 16.5. The zero-order valence-electron chi connectivity index (χ0n) is 13.9. The second kappa shape index (κ2) is 8.41. The Morgan fingerprint density at radius 3 is 2.50 bits per heavy atom. The van der Waals surface area contributed by atoms with Crippen LogP contribution in [0.1, 0.15) is 39.2 Å². The summed E-state index contributed by atoms with van der Waals surface area (Å²) in [6.07, 6.45) is 0.229. The van der Waals surface area contributed by atoms with E-state index in [-0.39, 0.29) is 11.9 Å². The average molecular weight is 307 g/mol. The van der Waals surface area contributed by atoms with Gasteiger partial charge in [-0.2, -0.15) is 0 Å². The Labute approximate surface area is 132 Å². The number of carbonyl (C=O) groups excluding carboxylic acids is 2. The van der Waals surface area contributed by atoms with Crippen molar-refractivity contribution in [2.45, 2.75) is 46.6 Å². The number of methoxy groups -OCH3 is 1. The highest BCUT2D eigenvalue weighted by Gasteiger charge is 2.19. The van der Waals surface area contributed by atoms with Crippen molar-refractivity contribution in [3.63, 3.8) is 0 Å². The lowest BCUT2D eigenvalue weighted by Crippen LogP contribution is -2.30. The number of hydrogen-bond acceptors (Lipinski definition) is 4. The molecule has 5 heteroatoms. The van der Waals surface area contributed by atoms with E-state index >= 15 is 0 Å². The van der Waals surface area contributed by atoms with Crippen LogP contribution in [-0.4, -0.2) is 25.1 Å². The van der Waals surface area contributed by atoms with Gasteiger partial charge >= 0.3 is 5.97 Å². The third-order valence-electron chi connectivity index (χ3n) is 3.22. The smallest absolute Gasteiger partial charge is 0.306 e. The molecule has 0 aliphatic rings. The highest BCUT2D eigenvalue weighted by molar-refractivity contribution is 5.96. The van der Waals surface area contributed by atoms with Crippen molar-refractivity contribution in [1.29, 1.82) is 0 Å². The van der Waals surface area contributed by atoms with Crippen molar-refractivity contribution in [3.05, 3.63) is 23.8 Å². The summed E-state index contributed by atoms with van der Waals surface area (Å²) in [5, 5.41) is 2.73. The second-order valence-corrected chi connectivity index (χ2v) is 5.76. The number of esters is 1. The standard InChI is InChI=1S/C17H25NO4/c1-11(2)6-9-16(19)22-13(4)17(20)18-14-10-12(3)7-8-15(14)21-5/h7-8,10-11,13H,6,9H2,1-5H3,(H,18,20)/t13-/m0/s1. The first-order valence-corrected chi connectivity index (χ1v) is 7.48. The first kappa shape index (κ1) is 18.0. The summed E-state index contributed by atoms with van der Waals surface area (Å²) in [6.45, 7) is 7.55. The molecule has 22 heavy (non-hydrogen) atoms. The van der Waals surface area contributed by atoms with Crippen LogP contribution in [0.15, 0.2) is 18.2 Å². The third kappa shape index (κ3) is 5.76. The molecule has 1 atom stereocenters. The molecule has 0 radical (unpaired) electrons. The van der Waals surface area contributed by atoms with Gasteiger partial charge in [-0.05, 0) is 43.9 Å². The number of anilines is 1. The summed E-state index contributed by atoms with van der Waals surface area (Å²) >= 11 is 0. The maximum absolute atomic E-state index is 12.1. The SMILES string of the molecule is COc1ccc(C)cc1NC(=O)[C@H](C)OC(=O)CCC(C)C. The van der Waals surface area contributed by atoms with Crippen LogP contribution in [0.25, 0.3) is 0 Å². The molecule has 1 aromatic carbocycles. The maximum Gasteiger partial charge on any atom is 0.306 e. The van der Waals surface area contributed by atoms with Crippen LogP contribution in [-0.2, 0) is 14.3 Å². The Morgan fingerprint density at radius 2 is 1.91 bits per heavy atom. The van der Waals surface area contributed by atoms with Gasteiger partial charge in [0.05, 0.1) is 12.8 Å². The number of amides is 1. The quantitative estimate of drug-likeness (QED) is 0.785. The Kier molecular flexibility index (Phi) is 6.89. The molecule has 0 aliphatic heterocycles. The topological polar surface area (TPSA) is 64.6 Å². The highest BCUT2D eigenvalue weighted by Crippen LogP contribution is 2.25. The number of ether oxygens (including phenoxy) is 2. The lowest BCUT2D eigenvalue weighted by Gasteiger charge is -2.16. The summed E-state index contributed by atoms with van der Waals surface area (Å²) in [6, 6.07) is 5.48. The molecule has 0 aliphatic carbocycles. The summed E-state index contributed by atoms with van der Waals surface area (Å²) in [7, 11) is 1.54. The van der Waals surface area contributed by atoms with Gasteiger partial charge in [0.1, 0.15) is 5.75 Å². The summed E-state index contributed by atoms with van der Waals surface area (Å²) in [4.78, 5) is 23.8. The Bertz CT molecular complexity index is 525. The third-order valence-corrected chi connectivity index (χ3v) is 3.22. The van der Waals surface area contributed by atoms with Crippen LogP contribution < -0.4 is 10.1 Å². The first-order chi connectivity index (χ1) is 10.3. The minimum Gasteiger partial charge on any atom is -0.495 e. The fourth-order valence-electron chi connectivity index (χ4n) is 1.87. The molecule has 1 rings (SSSR count). The van der Waals surface area contributed by atoms with E-state index in [4.69, 9.17) is 9.47 Å². The van der Waals surface area contributed by atoms with Gasteiger partial charge in [0.2, 0.25) is 0 Å². The van der Waals surface area contributed by atoms with Crippen molar-refractivity contribution in [2.24, 2.45) is 5.92 Å². The number of rotatable bonds is 7. The minimum atomic E-state index is -0.843. The van der Waals surface area contributed by atoms with Crippen LogP contribution in [0.5, 0.6) is 5.75 Å². The molecule has 5 nitrogen and oxygen atoms in total. The van der Waals surface area contributed by atoms with Crippen LogP contribution in [0, 0.1) is 12.8 Å². The van der Waals surface area contributed by atoms with Crippen LogP contribution in [0.2, 0.25) is 0 Å². The molecule has 0 unspecified atom stereocenters. The minimum absolute atomic E-state index is 0.322. The van der Waals surface area contributed by atoms with E-state index in [1.54, 1.807) is 13.0 Å². The van der Waals surface area contributed by atoms with E-state index in [1.807, 2.05) is 32.9 Å². The van der Waals surface area contributed by atoms with E-state index in [1.165, 1.54) is 7.11 Å². The molecule has 0 heterocycles. The molecule has 0 spiro atoms. The number of hydrogen-bond donors (Lipinski definition) is 1. The van der Waals surface area contributed by atoms with Gasteiger partial charge < -0.3 is 14.8 Å². The van der Waals surface area contributed by atoms with Crippen molar-refractivity contribution >= 4 is 17.6 Å². The monoisotopic (exact) mass is 307 g/mol. The van der Waals surface area contributed by atoms with E-state index in [2.05, 4.69) is 5.32 Å². The van der Waals surface area contributed by atoms with E-state index in [0.717, 1.165) is 12.0 Å². The maximum atomic E-state index is 12.1. The van der Waals surface area contributed by atoms with Crippen molar-refractivity contribution < 1.29 is 19.1 Å². The van der Waals surface area contributed by atoms with E-state index < -0.39 is 6.10 Å². The zero-order valence-corrected chi connectivity index (χ0v) is 13.9. The number of carbonyl (C=O) groups is 2. The molecule has 122 valence electrons. The molecule has 0 aromatic heterocycles. The molecule has 0 saturated heterocycles. The molecule has 0 saturated carbocycles. The van der Waals surface area contributed by atoms with Crippen LogP contribution in [0.3, 0.4) is 0 Å². The molecular weight excluding hydrogens is 282 g/mol. The summed E-state index contributed by atoms with van der Waals surface area (Å²) in [5.74, 6) is 0.264. The second-order valence-electron chi connectivity index (χ2n) is 5.76. The van der Waals surface area contributed by atoms with Gasteiger partial charge in [0, 0.05) is 6.42 Å². The zero-order chi connectivity index (χ0) is 16.7. The van der Waals surface area contributed by atoms with Gasteiger partial charge in [-0.15, -0.1) is 0 Å². The lowest BCUT2D eigenvalue weighted by atomic mass is 10.1. The van der Waals surface area contributed by atoms with Gasteiger partial charge in [-0.1, -0.05) is 19.9 Å². The van der Waals surface area contributed by atoms with Crippen molar-refractivity contribution in [2.75, 3.05) is 12.4 Å². The summed E-state index contributed by atoms with van der Waals surface area (Å²) < 4.78 is 10.4. The van der Waals surface area contributed by atoms with Gasteiger partial charge in [0.25, 0.3) is 5.91 Å². The van der Waals surface area contributed by atoms with Crippen molar-refractivity contribution in [1.82, 2.24) is 0 Å². The van der Waals surface area contributed by atoms with Gasteiger partial charge in [0.15, 0.2) is 6.10 Å². The lowest BCUT2D eigenvalue weighted by molar-refractivity contribution is -0.153. The van der Waals surface area contributed by atoms with E-state index in [0.29, 0.717) is 23.8 Å². The van der Waals surface area contributed by atoms with E-state index in [9.17, 15) is 9.59 Å². The Balaban J connectivity index is 2.61. The number of nitrogens with one attached hydrogen (secondary N) is 1. The number of benzene rings is 1. The summed E-state index contributed by atoms with van der Waals surface area (Å²) in [5.41, 5.74) is 1.57.